The van der Waals surface area contributed by atoms with E-state index in [4.69, 9.17) is 0 Å². The number of hydrogen-bond acceptors (Lipinski definition) is 2. The molecule has 0 heterocycles. The van der Waals surface area contributed by atoms with Crippen LogP contribution in [0.5, 0.6) is 0 Å². The topological polar surface area (TPSA) is 58.2 Å². The van der Waals surface area contributed by atoms with Crippen molar-refractivity contribution in [1.82, 2.24) is 10.6 Å². The second kappa shape index (κ2) is 8.94. The van der Waals surface area contributed by atoms with Crippen molar-refractivity contribution in [2.45, 2.75) is 47.5 Å². The summed E-state index contributed by atoms with van der Waals surface area (Å²) < 4.78 is 0. The lowest BCUT2D eigenvalue weighted by atomic mass is 9.95. The molecular weight excluding hydrogens is 240 g/mol. The van der Waals surface area contributed by atoms with Gasteiger partial charge in [-0.15, -0.1) is 0 Å². The van der Waals surface area contributed by atoms with Crippen LogP contribution >= 0.6 is 0 Å². The average molecular weight is 270 g/mol. The third kappa shape index (κ3) is 7.85. The molecule has 0 saturated carbocycles. The molecule has 2 N–H and O–H groups in total. The fourth-order valence-electron chi connectivity index (χ4n) is 2.33. The first-order chi connectivity index (χ1) is 8.77. The largest absolute Gasteiger partial charge is 0.359 e. The number of rotatable bonds is 8. The zero-order chi connectivity index (χ0) is 15.0. The monoisotopic (exact) mass is 270 g/mol. The zero-order valence-electron chi connectivity index (χ0n) is 13.2. The molecule has 0 aliphatic heterocycles. The third-order valence-corrected chi connectivity index (χ3v) is 3.35. The van der Waals surface area contributed by atoms with Crippen LogP contribution in [-0.4, -0.2) is 25.4 Å². The molecule has 2 amide bonds. The van der Waals surface area contributed by atoms with Crippen molar-refractivity contribution in [3.63, 3.8) is 0 Å². The van der Waals surface area contributed by atoms with Crippen molar-refractivity contribution in [1.29, 1.82) is 0 Å². The highest BCUT2D eigenvalue weighted by Gasteiger charge is 2.20. The quantitative estimate of drug-likeness (QED) is 0.710. The first kappa shape index (κ1) is 17.9. The molecular formula is C15H30N2O2. The summed E-state index contributed by atoms with van der Waals surface area (Å²) in [5.41, 5.74) is 0. The lowest BCUT2D eigenvalue weighted by Gasteiger charge is -2.19. The summed E-state index contributed by atoms with van der Waals surface area (Å²) >= 11 is 0. The number of hydrogen-bond donors (Lipinski definition) is 2. The molecule has 0 spiro atoms. The molecule has 0 saturated heterocycles. The maximum absolute atomic E-state index is 11.9. The van der Waals surface area contributed by atoms with Gasteiger partial charge in [-0.1, -0.05) is 34.6 Å². The molecule has 4 nitrogen and oxygen atoms in total. The normalized spacial score (nSPS) is 15.7. The average Bonchev–Trinajstić information content (AvgIpc) is 2.33. The van der Waals surface area contributed by atoms with Gasteiger partial charge in [0.2, 0.25) is 11.8 Å². The van der Waals surface area contributed by atoms with Crippen molar-refractivity contribution in [2.75, 3.05) is 13.6 Å². The summed E-state index contributed by atoms with van der Waals surface area (Å²) in [5, 5.41) is 5.59. The van der Waals surface area contributed by atoms with Gasteiger partial charge in [0.1, 0.15) is 0 Å². The Balaban J connectivity index is 4.03. The lowest BCUT2D eigenvalue weighted by Crippen LogP contribution is -2.35. The van der Waals surface area contributed by atoms with E-state index in [1.165, 1.54) is 0 Å². The Bertz CT molecular complexity index is 290. The zero-order valence-corrected chi connectivity index (χ0v) is 13.2. The van der Waals surface area contributed by atoms with Crippen LogP contribution in [0.2, 0.25) is 0 Å². The number of nitrogens with one attached hydrogen (secondary N) is 2. The molecule has 0 bridgehead atoms. The van der Waals surface area contributed by atoms with Gasteiger partial charge in [0.25, 0.3) is 0 Å². The second-order valence-electron chi connectivity index (χ2n) is 6.13. The molecule has 0 aliphatic rings. The molecule has 0 rings (SSSR count). The molecule has 19 heavy (non-hydrogen) atoms. The Morgan fingerprint density at radius 2 is 1.42 bits per heavy atom. The van der Waals surface area contributed by atoms with Crippen molar-refractivity contribution in [3.8, 4) is 0 Å². The first-order valence-electron chi connectivity index (χ1n) is 7.27. The van der Waals surface area contributed by atoms with E-state index in [9.17, 15) is 9.59 Å². The van der Waals surface area contributed by atoms with E-state index >= 15 is 0 Å². The van der Waals surface area contributed by atoms with Gasteiger partial charge in [0.15, 0.2) is 0 Å². The summed E-state index contributed by atoms with van der Waals surface area (Å²) in [4.78, 5) is 23.4. The number of amides is 2. The minimum absolute atomic E-state index is 0.00664. The summed E-state index contributed by atoms with van der Waals surface area (Å²) in [7, 11) is 1.62. The molecule has 0 aromatic carbocycles. The maximum Gasteiger partial charge on any atom is 0.222 e. The highest BCUT2D eigenvalue weighted by molar-refractivity contribution is 5.81. The van der Waals surface area contributed by atoms with Crippen molar-refractivity contribution in [3.05, 3.63) is 0 Å². The van der Waals surface area contributed by atoms with E-state index in [1.807, 2.05) is 13.8 Å². The van der Waals surface area contributed by atoms with Crippen LogP contribution in [0.4, 0.5) is 0 Å². The van der Waals surface area contributed by atoms with E-state index in [1.54, 1.807) is 7.05 Å². The fraction of sp³-hybridized carbons (Fsp3) is 0.867. The van der Waals surface area contributed by atoms with Gasteiger partial charge in [0, 0.05) is 25.4 Å². The highest BCUT2D eigenvalue weighted by Crippen LogP contribution is 2.13. The van der Waals surface area contributed by atoms with E-state index in [-0.39, 0.29) is 23.7 Å². The summed E-state index contributed by atoms with van der Waals surface area (Å²) in [6.07, 6.45) is 1.70. The standard InChI is InChI=1S/C15H30N2O2/c1-10(2)7-11(3)9-17-15(19)13(5)8-12(4)14(18)16-6/h10-13H,7-9H2,1-6H3,(H,16,18)(H,17,19). The van der Waals surface area contributed by atoms with Gasteiger partial charge in [-0.2, -0.15) is 0 Å². The Kier molecular flexibility index (Phi) is 8.44. The molecule has 4 heteroatoms. The van der Waals surface area contributed by atoms with Crippen LogP contribution in [0.3, 0.4) is 0 Å². The molecule has 0 aliphatic carbocycles. The van der Waals surface area contributed by atoms with Crippen molar-refractivity contribution in [2.24, 2.45) is 23.7 Å². The molecule has 0 aromatic rings. The smallest absolute Gasteiger partial charge is 0.222 e. The summed E-state index contributed by atoms with van der Waals surface area (Å²) in [5.74, 6) is 0.932. The molecule has 0 radical (unpaired) electrons. The van der Waals surface area contributed by atoms with Gasteiger partial charge in [-0.25, -0.2) is 0 Å². The van der Waals surface area contributed by atoms with Gasteiger partial charge >= 0.3 is 0 Å². The molecule has 0 aromatic heterocycles. The minimum Gasteiger partial charge on any atom is -0.359 e. The lowest BCUT2D eigenvalue weighted by molar-refractivity contribution is -0.127. The number of carbonyl (C=O) groups is 2. The van der Waals surface area contributed by atoms with Crippen LogP contribution in [0.1, 0.15) is 47.5 Å². The molecule has 0 fully saturated rings. The van der Waals surface area contributed by atoms with Crippen LogP contribution in [-0.2, 0) is 9.59 Å². The van der Waals surface area contributed by atoms with Gasteiger partial charge in [-0.3, -0.25) is 9.59 Å². The van der Waals surface area contributed by atoms with Crippen LogP contribution < -0.4 is 10.6 Å². The van der Waals surface area contributed by atoms with Crippen LogP contribution in [0.25, 0.3) is 0 Å². The Morgan fingerprint density at radius 1 is 0.895 bits per heavy atom. The maximum atomic E-state index is 11.9. The fourth-order valence-corrected chi connectivity index (χ4v) is 2.33. The SMILES string of the molecule is CNC(=O)C(C)CC(C)C(=O)NCC(C)CC(C)C. The Labute approximate surface area is 117 Å². The molecule has 3 atom stereocenters. The van der Waals surface area contributed by atoms with Crippen LogP contribution in [0, 0.1) is 23.7 Å². The van der Waals surface area contributed by atoms with Gasteiger partial charge in [-0.05, 0) is 24.7 Å². The van der Waals surface area contributed by atoms with Crippen molar-refractivity contribution < 1.29 is 9.59 Å². The summed E-state index contributed by atoms with van der Waals surface area (Å²) in [6, 6.07) is 0. The second-order valence-corrected chi connectivity index (χ2v) is 6.13. The van der Waals surface area contributed by atoms with E-state index in [0.717, 1.165) is 13.0 Å². The van der Waals surface area contributed by atoms with Crippen molar-refractivity contribution >= 4 is 11.8 Å². The third-order valence-electron chi connectivity index (χ3n) is 3.35. The Hall–Kier alpha value is -1.06. The van der Waals surface area contributed by atoms with Gasteiger partial charge in [0.05, 0.1) is 0 Å². The predicted molar refractivity (Wildman–Crippen MR) is 78.6 cm³/mol. The predicted octanol–water partition coefficient (Wildman–Crippen LogP) is 2.19. The minimum atomic E-state index is -0.126. The summed E-state index contributed by atoms with van der Waals surface area (Å²) in [6.45, 7) is 11.0. The van der Waals surface area contributed by atoms with Crippen LogP contribution in [0.15, 0.2) is 0 Å². The van der Waals surface area contributed by atoms with Gasteiger partial charge < -0.3 is 10.6 Å². The van der Waals surface area contributed by atoms with E-state index in [0.29, 0.717) is 18.3 Å². The molecule has 3 unspecified atom stereocenters. The molecule has 112 valence electrons. The highest BCUT2D eigenvalue weighted by atomic mass is 16.2. The first-order valence-corrected chi connectivity index (χ1v) is 7.27. The van der Waals surface area contributed by atoms with E-state index in [2.05, 4.69) is 31.4 Å². The number of carbonyl (C=O) groups excluding carboxylic acids is 2. The Morgan fingerprint density at radius 3 is 1.89 bits per heavy atom. The van der Waals surface area contributed by atoms with E-state index < -0.39 is 0 Å².